The third-order valence-corrected chi connectivity index (χ3v) is 3.25. The highest BCUT2D eigenvalue weighted by molar-refractivity contribution is 5.68. The summed E-state index contributed by atoms with van der Waals surface area (Å²) in [5, 5.41) is 9.74. The van der Waals surface area contributed by atoms with Crippen LogP contribution < -0.4 is 0 Å². The minimum absolute atomic E-state index is 0.000880. The maximum atomic E-state index is 11.5. The number of fused-ring (bicyclic) bond motifs is 3. The van der Waals surface area contributed by atoms with Crippen LogP contribution in [0.15, 0.2) is 0 Å². The summed E-state index contributed by atoms with van der Waals surface area (Å²) in [5.41, 5.74) is 0. The van der Waals surface area contributed by atoms with Crippen LogP contribution in [-0.4, -0.2) is 41.4 Å². The van der Waals surface area contributed by atoms with Crippen molar-refractivity contribution in [3.05, 3.63) is 0 Å². The largest absolute Gasteiger partial charge is 0.450 e. The SMILES string of the molecule is CCOC(=O)N1C[C@H]2CC[C@@H]1[C@H](O)C2. The summed E-state index contributed by atoms with van der Waals surface area (Å²) >= 11 is 0. The van der Waals surface area contributed by atoms with Gasteiger partial charge < -0.3 is 14.7 Å². The van der Waals surface area contributed by atoms with Gasteiger partial charge in [0, 0.05) is 6.54 Å². The zero-order valence-electron chi connectivity index (χ0n) is 8.48. The molecule has 80 valence electrons. The van der Waals surface area contributed by atoms with E-state index in [0.29, 0.717) is 12.5 Å². The summed E-state index contributed by atoms with van der Waals surface area (Å²) in [7, 11) is 0. The number of aliphatic hydroxyl groups is 1. The van der Waals surface area contributed by atoms with E-state index in [1.54, 1.807) is 11.8 Å². The maximum absolute atomic E-state index is 11.5. The Kier molecular flexibility index (Phi) is 2.63. The average Bonchev–Trinajstić information content (AvgIpc) is 2.18. The van der Waals surface area contributed by atoms with E-state index < -0.39 is 0 Å². The smallest absolute Gasteiger partial charge is 0.410 e. The monoisotopic (exact) mass is 199 g/mol. The fraction of sp³-hybridized carbons (Fsp3) is 0.900. The van der Waals surface area contributed by atoms with Gasteiger partial charge in [-0.15, -0.1) is 0 Å². The molecule has 3 aliphatic rings. The van der Waals surface area contributed by atoms with Crippen molar-refractivity contribution in [1.29, 1.82) is 0 Å². The number of carbonyl (C=O) groups excluding carboxylic acids is 1. The van der Waals surface area contributed by atoms with E-state index in [2.05, 4.69) is 0 Å². The Bertz CT molecular complexity index is 231. The number of aliphatic hydroxyl groups excluding tert-OH is 1. The van der Waals surface area contributed by atoms with E-state index in [-0.39, 0.29) is 18.2 Å². The van der Waals surface area contributed by atoms with E-state index >= 15 is 0 Å². The number of rotatable bonds is 1. The van der Waals surface area contributed by atoms with Gasteiger partial charge in [-0.25, -0.2) is 4.79 Å². The highest BCUT2D eigenvalue weighted by Crippen LogP contribution is 2.35. The lowest BCUT2D eigenvalue weighted by Crippen LogP contribution is -2.57. The van der Waals surface area contributed by atoms with Gasteiger partial charge in [0.05, 0.1) is 18.8 Å². The normalized spacial score (nSPS) is 35.9. The van der Waals surface area contributed by atoms with Gasteiger partial charge >= 0.3 is 6.09 Å². The average molecular weight is 199 g/mol. The maximum Gasteiger partial charge on any atom is 0.410 e. The number of hydrogen-bond acceptors (Lipinski definition) is 3. The second-order valence-electron chi connectivity index (χ2n) is 4.17. The van der Waals surface area contributed by atoms with Crippen LogP contribution >= 0.6 is 0 Å². The minimum Gasteiger partial charge on any atom is -0.450 e. The molecule has 1 N–H and O–H groups in total. The summed E-state index contributed by atoms with van der Waals surface area (Å²) in [6.07, 6.45) is 2.30. The van der Waals surface area contributed by atoms with Crippen molar-refractivity contribution in [2.45, 2.75) is 38.3 Å². The predicted molar refractivity (Wildman–Crippen MR) is 50.9 cm³/mol. The molecule has 3 atom stereocenters. The molecule has 3 rings (SSSR count). The summed E-state index contributed by atoms with van der Waals surface area (Å²) < 4.78 is 4.96. The van der Waals surface area contributed by atoms with Crippen LogP contribution in [0.1, 0.15) is 26.2 Å². The van der Waals surface area contributed by atoms with Crippen LogP contribution in [-0.2, 0) is 4.74 Å². The number of ether oxygens (including phenoxy) is 1. The third-order valence-electron chi connectivity index (χ3n) is 3.25. The van der Waals surface area contributed by atoms with E-state index in [9.17, 15) is 9.90 Å². The molecule has 0 aromatic carbocycles. The van der Waals surface area contributed by atoms with Gasteiger partial charge in [-0.1, -0.05) is 0 Å². The fourth-order valence-electron chi connectivity index (χ4n) is 2.57. The van der Waals surface area contributed by atoms with Crippen LogP contribution in [0.25, 0.3) is 0 Å². The van der Waals surface area contributed by atoms with Crippen molar-refractivity contribution in [2.75, 3.05) is 13.2 Å². The Morgan fingerprint density at radius 2 is 2.36 bits per heavy atom. The van der Waals surface area contributed by atoms with Crippen LogP contribution in [0.2, 0.25) is 0 Å². The van der Waals surface area contributed by atoms with Gasteiger partial charge in [-0.05, 0) is 32.1 Å². The van der Waals surface area contributed by atoms with E-state index in [1.165, 1.54) is 0 Å². The molecule has 14 heavy (non-hydrogen) atoms. The van der Waals surface area contributed by atoms with Gasteiger partial charge in [0.2, 0.25) is 0 Å². The molecule has 1 aliphatic carbocycles. The van der Waals surface area contributed by atoms with Gasteiger partial charge in [-0.2, -0.15) is 0 Å². The predicted octanol–water partition coefficient (Wildman–Crippen LogP) is 0.988. The molecule has 0 aromatic rings. The second kappa shape index (κ2) is 3.77. The molecule has 2 heterocycles. The molecular formula is C10H17NO3. The molecule has 1 amide bonds. The molecule has 0 spiro atoms. The molecule has 0 radical (unpaired) electrons. The van der Waals surface area contributed by atoms with Gasteiger partial charge in [0.25, 0.3) is 0 Å². The van der Waals surface area contributed by atoms with Crippen molar-refractivity contribution >= 4 is 6.09 Å². The second-order valence-corrected chi connectivity index (χ2v) is 4.17. The van der Waals surface area contributed by atoms with Gasteiger partial charge in [0.15, 0.2) is 0 Å². The van der Waals surface area contributed by atoms with Crippen LogP contribution in [0, 0.1) is 5.92 Å². The van der Waals surface area contributed by atoms with E-state index in [1.807, 2.05) is 0 Å². The first kappa shape index (κ1) is 9.77. The van der Waals surface area contributed by atoms with Crippen LogP contribution in [0.3, 0.4) is 0 Å². The molecular weight excluding hydrogens is 182 g/mol. The lowest BCUT2D eigenvalue weighted by molar-refractivity contribution is -0.0485. The number of carbonyl (C=O) groups is 1. The first-order chi connectivity index (χ1) is 6.72. The first-order valence-corrected chi connectivity index (χ1v) is 5.33. The van der Waals surface area contributed by atoms with Crippen molar-refractivity contribution in [3.8, 4) is 0 Å². The highest BCUT2D eigenvalue weighted by atomic mass is 16.6. The van der Waals surface area contributed by atoms with E-state index in [4.69, 9.17) is 4.74 Å². The molecule has 0 unspecified atom stereocenters. The Morgan fingerprint density at radius 3 is 2.93 bits per heavy atom. The van der Waals surface area contributed by atoms with Crippen LogP contribution in [0.4, 0.5) is 4.79 Å². The molecule has 3 fully saturated rings. The Hall–Kier alpha value is -0.770. The lowest BCUT2D eigenvalue weighted by atomic mass is 9.78. The van der Waals surface area contributed by atoms with Crippen molar-refractivity contribution < 1.29 is 14.6 Å². The van der Waals surface area contributed by atoms with Crippen molar-refractivity contribution in [3.63, 3.8) is 0 Å². The Labute approximate surface area is 83.8 Å². The zero-order chi connectivity index (χ0) is 10.1. The number of hydrogen-bond donors (Lipinski definition) is 1. The molecule has 0 aromatic heterocycles. The summed E-state index contributed by atoms with van der Waals surface area (Å²) in [6, 6.07) is -0.000880. The zero-order valence-corrected chi connectivity index (χ0v) is 8.48. The third kappa shape index (κ3) is 1.59. The molecule has 2 bridgehead atoms. The standard InChI is InChI=1S/C10H17NO3/c1-2-14-10(13)11-6-7-3-4-8(11)9(12)5-7/h7-9,12H,2-6H2,1H3/t7-,8+,9+/m0/s1. The first-order valence-electron chi connectivity index (χ1n) is 5.33. The molecule has 1 saturated carbocycles. The molecule has 4 heteroatoms. The summed E-state index contributed by atoms with van der Waals surface area (Å²) in [4.78, 5) is 13.2. The number of piperidine rings is 2. The Morgan fingerprint density at radius 1 is 1.57 bits per heavy atom. The quantitative estimate of drug-likeness (QED) is 0.685. The topological polar surface area (TPSA) is 49.8 Å². The Balaban J connectivity index is 2.03. The van der Waals surface area contributed by atoms with E-state index in [0.717, 1.165) is 25.8 Å². The van der Waals surface area contributed by atoms with Gasteiger partial charge in [-0.3, -0.25) is 0 Å². The minimum atomic E-state index is -0.341. The molecule has 2 saturated heterocycles. The summed E-state index contributed by atoms with van der Waals surface area (Å²) in [6.45, 7) is 2.97. The van der Waals surface area contributed by atoms with Gasteiger partial charge in [0.1, 0.15) is 0 Å². The molecule has 2 aliphatic heterocycles. The number of amides is 1. The highest BCUT2D eigenvalue weighted by Gasteiger charge is 2.42. The fourth-order valence-corrected chi connectivity index (χ4v) is 2.57. The van der Waals surface area contributed by atoms with Crippen LogP contribution in [0.5, 0.6) is 0 Å². The number of nitrogens with zero attached hydrogens (tertiary/aromatic N) is 1. The summed E-state index contributed by atoms with van der Waals surface area (Å²) in [5.74, 6) is 0.472. The lowest BCUT2D eigenvalue weighted by Gasteiger charge is -2.47. The van der Waals surface area contributed by atoms with Crippen molar-refractivity contribution in [2.24, 2.45) is 5.92 Å². The molecule has 4 nitrogen and oxygen atoms in total. The van der Waals surface area contributed by atoms with Crippen molar-refractivity contribution in [1.82, 2.24) is 4.90 Å².